The number of aromatic nitrogens is 1. The number of hydrogen-bond donors (Lipinski definition) is 2. The van der Waals surface area contributed by atoms with Crippen LogP contribution in [0.2, 0.25) is 0 Å². The molecular formula is C11H17N3O5S. The summed E-state index contributed by atoms with van der Waals surface area (Å²) in [5, 5.41) is 5.00. The van der Waals surface area contributed by atoms with Crippen LogP contribution in [-0.2, 0) is 19.5 Å². The van der Waals surface area contributed by atoms with E-state index in [2.05, 4.69) is 4.98 Å². The molecular weight excluding hydrogens is 286 g/mol. The maximum atomic E-state index is 12.3. The molecule has 0 spiro atoms. The third kappa shape index (κ3) is 2.85. The van der Waals surface area contributed by atoms with Gasteiger partial charge in [-0.15, -0.1) is 0 Å². The Bertz CT molecular complexity index is 585. The van der Waals surface area contributed by atoms with Crippen molar-refractivity contribution in [2.24, 2.45) is 5.14 Å². The van der Waals surface area contributed by atoms with Crippen LogP contribution in [0, 0.1) is 0 Å². The number of amides is 1. The van der Waals surface area contributed by atoms with Crippen LogP contribution in [0.1, 0.15) is 10.5 Å². The third-order valence-corrected chi connectivity index (χ3v) is 4.22. The molecule has 1 aliphatic heterocycles. The molecule has 1 aliphatic rings. The van der Waals surface area contributed by atoms with Gasteiger partial charge in [-0.05, 0) is 6.07 Å². The highest BCUT2D eigenvalue weighted by molar-refractivity contribution is 7.89. The molecule has 3 N–H and O–H groups in total. The van der Waals surface area contributed by atoms with Gasteiger partial charge in [0.05, 0.1) is 4.90 Å². The van der Waals surface area contributed by atoms with Gasteiger partial charge in [0.1, 0.15) is 17.9 Å². The van der Waals surface area contributed by atoms with Gasteiger partial charge in [0, 0.05) is 33.5 Å². The van der Waals surface area contributed by atoms with Crippen LogP contribution < -0.4 is 5.14 Å². The first-order valence-electron chi connectivity index (χ1n) is 5.93. The molecule has 0 saturated carbocycles. The van der Waals surface area contributed by atoms with Crippen LogP contribution in [-0.4, -0.2) is 63.7 Å². The van der Waals surface area contributed by atoms with E-state index >= 15 is 0 Å². The highest BCUT2D eigenvalue weighted by Gasteiger charge is 2.36. The Balaban J connectivity index is 2.15. The van der Waals surface area contributed by atoms with Crippen LogP contribution >= 0.6 is 0 Å². The van der Waals surface area contributed by atoms with E-state index in [0.717, 1.165) is 0 Å². The van der Waals surface area contributed by atoms with E-state index in [1.54, 1.807) is 19.1 Å². The van der Waals surface area contributed by atoms with Gasteiger partial charge in [-0.3, -0.25) is 4.79 Å². The molecule has 20 heavy (non-hydrogen) atoms. The van der Waals surface area contributed by atoms with Crippen molar-refractivity contribution >= 4 is 15.9 Å². The number of ether oxygens (including phenoxy) is 2. The van der Waals surface area contributed by atoms with Crippen LogP contribution in [0.25, 0.3) is 0 Å². The van der Waals surface area contributed by atoms with E-state index in [4.69, 9.17) is 14.6 Å². The second-order valence-electron chi connectivity index (χ2n) is 4.55. The minimum atomic E-state index is -3.82. The van der Waals surface area contributed by atoms with E-state index in [1.165, 1.54) is 12.3 Å². The fraction of sp³-hybridized carbons (Fsp3) is 0.545. The van der Waals surface area contributed by atoms with Gasteiger partial charge < -0.3 is 19.4 Å². The van der Waals surface area contributed by atoms with E-state index in [1.807, 2.05) is 0 Å². The number of nitrogens with two attached hydrogens (primary N) is 1. The first kappa shape index (κ1) is 15.0. The zero-order chi connectivity index (χ0) is 14.9. The number of sulfonamides is 1. The van der Waals surface area contributed by atoms with Crippen molar-refractivity contribution in [3.8, 4) is 0 Å². The molecule has 1 saturated heterocycles. The molecule has 8 nitrogen and oxygen atoms in total. The molecule has 2 heterocycles. The molecule has 2 rings (SSSR count). The molecule has 0 radical (unpaired) electrons. The Morgan fingerprint density at radius 3 is 2.30 bits per heavy atom. The summed E-state index contributed by atoms with van der Waals surface area (Å²) in [7, 11) is -0.713. The zero-order valence-corrected chi connectivity index (χ0v) is 12.0. The summed E-state index contributed by atoms with van der Waals surface area (Å²) in [5.74, 6) is -0.318. The molecule has 9 heteroatoms. The van der Waals surface area contributed by atoms with Gasteiger partial charge in [0.25, 0.3) is 5.91 Å². The number of carbonyl (C=O) groups excluding carboxylic acids is 1. The number of H-pyrrole nitrogens is 1. The van der Waals surface area contributed by atoms with Crippen LogP contribution in [0.5, 0.6) is 0 Å². The quantitative estimate of drug-likeness (QED) is 0.751. The Hall–Kier alpha value is -1.42. The van der Waals surface area contributed by atoms with E-state index in [0.29, 0.717) is 13.1 Å². The van der Waals surface area contributed by atoms with Gasteiger partial charge in [0.15, 0.2) is 0 Å². The molecule has 1 fully saturated rings. The van der Waals surface area contributed by atoms with E-state index < -0.39 is 10.0 Å². The number of nitrogens with zero attached hydrogens (tertiary/aromatic N) is 1. The second-order valence-corrected chi connectivity index (χ2v) is 6.11. The largest absolute Gasteiger partial charge is 0.377 e. The molecule has 1 aromatic rings. The van der Waals surface area contributed by atoms with Crippen molar-refractivity contribution in [3.63, 3.8) is 0 Å². The number of methoxy groups -OCH3 is 2. The number of likely N-dealkylation sites (tertiary alicyclic amines) is 1. The number of aromatic amines is 1. The normalized spacial score (nSPS) is 23.2. The topological polar surface area (TPSA) is 115 Å². The summed E-state index contributed by atoms with van der Waals surface area (Å²) >= 11 is 0. The Morgan fingerprint density at radius 2 is 1.90 bits per heavy atom. The average molecular weight is 303 g/mol. The molecule has 2 unspecified atom stereocenters. The van der Waals surface area contributed by atoms with E-state index in [-0.39, 0.29) is 28.7 Å². The monoisotopic (exact) mass is 303 g/mol. The molecule has 0 aliphatic carbocycles. The fourth-order valence-corrected chi connectivity index (χ4v) is 2.70. The smallest absolute Gasteiger partial charge is 0.270 e. The van der Waals surface area contributed by atoms with Crippen molar-refractivity contribution in [3.05, 3.63) is 18.0 Å². The highest BCUT2D eigenvalue weighted by atomic mass is 32.2. The molecule has 0 aromatic carbocycles. The minimum Gasteiger partial charge on any atom is -0.377 e. The number of primary sulfonamides is 1. The molecule has 2 atom stereocenters. The lowest BCUT2D eigenvalue weighted by atomic mass is 10.3. The lowest BCUT2D eigenvalue weighted by molar-refractivity contribution is -0.00461. The first-order chi connectivity index (χ1) is 9.36. The predicted molar refractivity (Wildman–Crippen MR) is 69.7 cm³/mol. The maximum absolute atomic E-state index is 12.3. The molecule has 1 amide bonds. The van der Waals surface area contributed by atoms with Crippen molar-refractivity contribution in [2.45, 2.75) is 17.1 Å². The van der Waals surface area contributed by atoms with Crippen LogP contribution in [0.3, 0.4) is 0 Å². The Morgan fingerprint density at radius 1 is 1.35 bits per heavy atom. The van der Waals surface area contributed by atoms with Crippen LogP contribution in [0.15, 0.2) is 17.2 Å². The SMILES string of the molecule is COC1CN(C(=O)c2cc(S(N)(=O)=O)c[nH]2)CC1OC. The summed E-state index contributed by atoms with van der Waals surface area (Å²) in [5.41, 5.74) is 0.167. The lowest BCUT2D eigenvalue weighted by Gasteiger charge is -2.14. The third-order valence-electron chi connectivity index (χ3n) is 3.32. The zero-order valence-electron chi connectivity index (χ0n) is 11.2. The van der Waals surface area contributed by atoms with E-state index in [9.17, 15) is 13.2 Å². The molecule has 1 aromatic heterocycles. The standard InChI is InChI=1S/C11H17N3O5S/c1-18-9-5-14(6-10(9)19-2)11(15)8-3-7(4-13-8)20(12,16)17/h3-4,9-10,13H,5-6H2,1-2H3,(H2,12,16,17). The second kappa shape index (κ2) is 5.52. The molecule has 0 bridgehead atoms. The summed E-state index contributed by atoms with van der Waals surface area (Å²) in [4.78, 5) is 16.3. The van der Waals surface area contributed by atoms with Gasteiger partial charge in [-0.25, -0.2) is 13.6 Å². The van der Waals surface area contributed by atoms with Crippen molar-refractivity contribution < 1.29 is 22.7 Å². The number of nitrogens with one attached hydrogen (secondary N) is 1. The maximum Gasteiger partial charge on any atom is 0.270 e. The summed E-state index contributed by atoms with van der Waals surface area (Å²) in [6.45, 7) is 0.773. The predicted octanol–water partition coefficient (Wildman–Crippen LogP) is -0.852. The van der Waals surface area contributed by atoms with Gasteiger partial charge >= 0.3 is 0 Å². The summed E-state index contributed by atoms with van der Waals surface area (Å²) in [6.07, 6.45) is 0.800. The average Bonchev–Trinajstić information content (AvgIpc) is 3.03. The van der Waals surface area contributed by atoms with Gasteiger partial charge in [-0.1, -0.05) is 0 Å². The van der Waals surface area contributed by atoms with Crippen molar-refractivity contribution in [1.29, 1.82) is 0 Å². The summed E-state index contributed by atoms with van der Waals surface area (Å²) in [6, 6.07) is 1.22. The Kier molecular flexibility index (Phi) is 4.14. The van der Waals surface area contributed by atoms with Crippen molar-refractivity contribution in [2.75, 3.05) is 27.3 Å². The fourth-order valence-electron chi connectivity index (χ4n) is 2.20. The highest BCUT2D eigenvalue weighted by Crippen LogP contribution is 2.19. The minimum absolute atomic E-state index is 0.119. The van der Waals surface area contributed by atoms with Crippen LogP contribution in [0.4, 0.5) is 0 Å². The number of hydrogen-bond acceptors (Lipinski definition) is 5. The van der Waals surface area contributed by atoms with Gasteiger partial charge in [-0.2, -0.15) is 0 Å². The number of rotatable bonds is 4. The molecule has 112 valence electrons. The first-order valence-corrected chi connectivity index (χ1v) is 7.47. The number of carbonyl (C=O) groups is 1. The summed E-state index contributed by atoms with van der Waals surface area (Å²) < 4.78 is 32.9. The lowest BCUT2D eigenvalue weighted by Crippen LogP contribution is -2.30. The Labute approximate surface area is 116 Å². The van der Waals surface area contributed by atoms with Gasteiger partial charge in [0.2, 0.25) is 10.0 Å². The van der Waals surface area contributed by atoms with Crippen molar-refractivity contribution in [1.82, 2.24) is 9.88 Å².